The number of ether oxygens (including phenoxy) is 1. The van der Waals surface area contributed by atoms with Gasteiger partial charge in [-0.2, -0.15) is 0 Å². The third-order valence-electron chi connectivity index (χ3n) is 2.07. The molecule has 0 amide bonds. The van der Waals surface area contributed by atoms with Crippen LogP contribution in [0.2, 0.25) is 4.34 Å². The van der Waals surface area contributed by atoms with E-state index in [-0.39, 0.29) is 0 Å². The van der Waals surface area contributed by atoms with Crippen molar-refractivity contribution in [2.75, 3.05) is 20.8 Å². The minimum Gasteiger partial charge on any atom is -0.383 e. The smallest absolute Gasteiger partial charge is 0.138 e. The van der Waals surface area contributed by atoms with Crippen molar-refractivity contribution in [3.05, 3.63) is 10.0 Å². The molecule has 0 radical (unpaired) electrons. The lowest BCUT2D eigenvalue weighted by atomic mass is 10.3. The highest BCUT2D eigenvalue weighted by molar-refractivity contribution is 7.10. The second kappa shape index (κ2) is 5.60. The van der Waals surface area contributed by atoms with Gasteiger partial charge in [0, 0.05) is 31.2 Å². The van der Waals surface area contributed by atoms with E-state index in [0.29, 0.717) is 23.5 Å². The summed E-state index contributed by atoms with van der Waals surface area (Å²) in [5.74, 6) is 0. The van der Waals surface area contributed by atoms with Crippen LogP contribution in [-0.4, -0.2) is 41.3 Å². The summed E-state index contributed by atoms with van der Waals surface area (Å²) in [6, 6.07) is 0.345. The summed E-state index contributed by atoms with van der Waals surface area (Å²) in [5.41, 5.74) is 0.835. The van der Waals surface area contributed by atoms with Gasteiger partial charge >= 0.3 is 0 Å². The maximum atomic E-state index is 5.90. The maximum Gasteiger partial charge on any atom is 0.138 e. The summed E-state index contributed by atoms with van der Waals surface area (Å²) in [5, 5.41) is 3.95. The summed E-state index contributed by atoms with van der Waals surface area (Å²) in [4.78, 5) is 2.13. The standard InChI is InChI=1S/C8H14ClN3OS/c1-6(5-13-3)12(2)4-7-8(9)14-11-10-7/h6H,4-5H2,1-3H3. The van der Waals surface area contributed by atoms with Gasteiger partial charge in [0.25, 0.3) is 0 Å². The lowest BCUT2D eigenvalue weighted by molar-refractivity contribution is 0.111. The first-order chi connectivity index (χ1) is 6.65. The minimum atomic E-state index is 0.345. The first-order valence-corrected chi connectivity index (χ1v) is 5.46. The Balaban J connectivity index is 2.48. The van der Waals surface area contributed by atoms with E-state index >= 15 is 0 Å². The zero-order valence-electron chi connectivity index (χ0n) is 8.53. The molecular formula is C8H14ClN3OS. The Hall–Kier alpha value is -0.230. The molecule has 0 aliphatic rings. The third-order valence-corrected chi connectivity index (χ3v) is 3.05. The van der Waals surface area contributed by atoms with E-state index in [1.54, 1.807) is 7.11 Å². The van der Waals surface area contributed by atoms with Crippen molar-refractivity contribution in [2.24, 2.45) is 0 Å². The molecule has 0 N–H and O–H groups in total. The van der Waals surface area contributed by atoms with E-state index in [4.69, 9.17) is 16.3 Å². The van der Waals surface area contributed by atoms with Crippen molar-refractivity contribution in [1.82, 2.24) is 14.5 Å². The van der Waals surface area contributed by atoms with E-state index in [1.807, 2.05) is 7.05 Å². The van der Waals surface area contributed by atoms with E-state index in [2.05, 4.69) is 21.4 Å². The molecule has 6 heteroatoms. The van der Waals surface area contributed by atoms with Crippen molar-refractivity contribution < 1.29 is 4.74 Å². The van der Waals surface area contributed by atoms with Gasteiger partial charge in [-0.25, -0.2) is 0 Å². The number of nitrogens with zero attached hydrogens (tertiary/aromatic N) is 3. The molecule has 14 heavy (non-hydrogen) atoms. The Bertz CT molecular complexity index is 281. The van der Waals surface area contributed by atoms with Crippen LogP contribution in [0.1, 0.15) is 12.6 Å². The zero-order valence-corrected chi connectivity index (χ0v) is 10.1. The fourth-order valence-corrected chi connectivity index (χ4v) is 1.66. The number of halogens is 1. The first kappa shape index (κ1) is 11.8. The van der Waals surface area contributed by atoms with Crippen molar-refractivity contribution in [3.8, 4) is 0 Å². The van der Waals surface area contributed by atoms with Crippen LogP contribution in [0.15, 0.2) is 0 Å². The number of methoxy groups -OCH3 is 1. The monoisotopic (exact) mass is 235 g/mol. The van der Waals surface area contributed by atoms with Gasteiger partial charge in [0.1, 0.15) is 10.0 Å². The van der Waals surface area contributed by atoms with Crippen LogP contribution in [-0.2, 0) is 11.3 Å². The Labute approximate surface area is 93.0 Å². The number of hydrogen-bond acceptors (Lipinski definition) is 5. The van der Waals surface area contributed by atoms with E-state index < -0.39 is 0 Å². The molecular weight excluding hydrogens is 222 g/mol. The molecule has 0 saturated heterocycles. The molecule has 4 nitrogen and oxygen atoms in total. The van der Waals surface area contributed by atoms with Gasteiger partial charge in [0.05, 0.1) is 6.61 Å². The molecule has 1 aromatic rings. The van der Waals surface area contributed by atoms with Crippen LogP contribution in [0.3, 0.4) is 0 Å². The van der Waals surface area contributed by atoms with Crippen LogP contribution in [0.25, 0.3) is 0 Å². The van der Waals surface area contributed by atoms with Crippen molar-refractivity contribution in [1.29, 1.82) is 0 Å². The molecule has 0 bridgehead atoms. The van der Waals surface area contributed by atoms with E-state index in [0.717, 1.165) is 5.69 Å². The van der Waals surface area contributed by atoms with Crippen LogP contribution >= 0.6 is 23.1 Å². The quantitative estimate of drug-likeness (QED) is 0.778. The van der Waals surface area contributed by atoms with Crippen molar-refractivity contribution in [2.45, 2.75) is 19.5 Å². The topological polar surface area (TPSA) is 38.2 Å². The predicted octanol–water partition coefficient (Wildman–Crippen LogP) is 1.66. The highest BCUT2D eigenvalue weighted by Crippen LogP contribution is 2.18. The summed E-state index contributed by atoms with van der Waals surface area (Å²) < 4.78 is 9.52. The molecule has 1 aromatic heterocycles. The molecule has 1 heterocycles. The average molecular weight is 236 g/mol. The minimum absolute atomic E-state index is 0.345. The summed E-state index contributed by atoms with van der Waals surface area (Å²) in [6.45, 7) is 3.50. The van der Waals surface area contributed by atoms with Crippen LogP contribution in [0.4, 0.5) is 0 Å². The number of aromatic nitrogens is 2. The molecule has 0 saturated carbocycles. The van der Waals surface area contributed by atoms with Crippen molar-refractivity contribution >= 4 is 23.1 Å². The lowest BCUT2D eigenvalue weighted by Crippen LogP contribution is -2.32. The largest absolute Gasteiger partial charge is 0.383 e. The van der Waals surface area contributed by atoms with Crippen LogP contribution < -0.4 is 0 Å². The Kier molecular flexibility index (Phi) is 4.74. The van der Waals surface area contributed by atoms with Gasteiger partial charge in [0.2, 0.25) is 0 Å². The summed E-state index contributed by atoms with van der Waals surface area (Å²) in [7, 11) is 3.71. The van der Waals surface area contributed by atoms with Gasteiger partial charge in [-0.1, -0.05) is 16.1 Å². The highest BCUT2D eigenvalue weighted by atomic mass is 35.5. The normalized spacial score (nSPS) is 13.5. The Morgan fingerprint density at radius 3 is 2.86 bits per heavy atom. The molecule has 0 aliphatic carbocycles. The van der Waals surface area contributed by atoms with Gasteiger partial charge in [-0.15, -0.1) is 5.10 Å². The Morgan fingerprint density at radius 1 is 1.64 bits per heavy atom. The van der Waals surface area contributed by atoms with Crippen LogP contribution in [0.5, 0.6) is 0 Å². The van der Waals surface area contributed by atoms with E-state index in [1.165, 1.54) is 11.5 Å². The SMILES string of the molecule is COCC(C)N(C)Cc1nnsc1Cl. The Morgan fingerprint density at radius 2 is 2.36 bits per heavy atom. The zero-order chi connectivity index (χ0) is 10.6. The maximum absolute atomic E-state index is 5.90. The summed E-state index contributed by atoms with van der Waals surface area (Å²) in [6.07, 6.45) is 0. The second-order valence-corrected chi connectivity index (χ2v) is 4.57. The molecule has 0 aliphatic heterocycles. The molecule has 0 fully saturated rings. The van der Waals surface area contributed by atoms with E-state index in [9.17, 15) is 0 Å². The second-order valence-electron chi connectivity index (χ2n) is 3.21. The fourth-order valence-electron chi connectivity index (χ4n) is 1.05. The van der Waals surface area contributed by atoms with Gasteiger partial charge in [-0.05, 0) is 14.0 Å². The average Bonchev–Trinajstić information content (AvgIpc) is 2.52. The third kappa shape index (κ3) is 3.16. The van der Waals surface area contributed by atoms with Crippen LogP contribution in [0, 0.1) is 0 Å². The molecule has 1 unspecified atom stereocenters. The molecule has 1 atom stereocenters. The first-order valence-electron chi connectivity index (χ1n) is 4.31. The van der Waals surface area contributed by atoms with Gasteiger partial charge in [0.15, 0.2) is 0 Å². The lowest BCUT2D eigenvalue weighted by Gasteiger charge is -2.22. The molecule has 1 rings (SSSR count). The van der Waals surface area contributed by atoms with Gasteiger partial charge < -0.3 is 4.74 Å². The molecule has 0 aromatic carbocycles. The van der Waals surface area contributed by atoms with Crippen molar-refractivity contribution in [3.63, 3.8) is 0 Å². The molecule has 0 spiro atoms. The highest BCUT2D eigenvalue weighted by Gasteiger charge is 2.13. The summed E-state index contributed by atoms with van der Waals surface area (Å²) >= 11 is 7.12. The molecule has 80 valence electrons. The fraction of sp³-hybridized carbons (Fsp3) is 0.750. The number of likely N-dealkylation sites (N-methyl/N-ethyl adjacent to an activating group) is 1. The number of hydrogen-bond donors (Lipinski definition) is 0. The number of rotatable bonds is 5. The van der Waals surface area contributed by atoms with Gasteiger partial charge in [-0.3, -0.25) is 4.90 Å². The predicted molar refractivity (Wildman–Crippen MR) is 57.7 cm³/mol.